The van der Waals surface area contributed by atoms with Gasteiger partial charge < -0.3 is 10.1 Å². The van der Waals surface area contributed by atoms with Gasteiger partial charge >= 0.3 is 6.03 Å². The van der Waals surface area contributed by atoms with Gasteiger partial charge in [-0.05, 0) is 42.0 Å². The van der Waals surface area contributed by atoms with Gasteiger partial charge in [0.05, 0.1) is 12.2 Å². The number of para-hydroxylation sites is 1. The lowest BCUT2D eigenvalue weighted by molar-refractivity contribution is 0.245. The SMILES string of the molecule is Cl.O=C(NCc1ccncc1)N1Cc2ccccc2Oc2ccc(Cl)cc21. The third-order valence-electron chi connectivity index (χ3n) is 4.17. The number of pyridine rings is 1. The first-order valence-electron chi connectivity index (χ1n) is 8.20. The number of carbonyl (C=O) groups excluding carboxylic acids is 1. The molecule has 0 saturated heterocycles. The minimum atomic E-state index is -0.217. The lowest BCUT2D eigenvalue weighted by Gasteiger charge is -2.22. The zero-order chi connectivity index (χ0) is 17.9. The van der Waals surface area contributed by atoms with E-state index in [2.05, 4.69) is 10.3 Å². The van der Waals surface area contributed by atoms with Gasteiger partial charge in [0.15, 0.2) is 5.75 Å². The average Bonchev–Trinajstić information content (AvgIpc) is 2.83. The topological polar surface area (TPSA) is 54.5 Å². The number of ether oxygens (including phenoxy) is 1. The van der Waals surface area contributed by atoms with E-state index in [0.29, 0.717) is 29.5 Å². The van der Waals surface area contributed by atoms with Crippen molar-refractivity contribution in [1.82, 2.24) is 10.3 Å². The molecular weight excluding hydrogens is 385 g/mol. The van der Waals surface area contributed by atoms with Crippen LogP contribution in [0.15, 0.2) is 67.0 Å². The summed E-state index contributed by atoms with van der Waals surface area (Å²) < 4.78 is 6.01. The highest BCUT2D eigenvalue weighted by atomic mass is 35.5. The number of halogens is 2. The number of hydrogen-bond acceptors (Lipinski definition) is 3. The van der Waals surface area contributed by atoms with E-state index in [1.54, 1.807) is 35.5 Å². The number of nitrogens with one attached hydrogen (secondary N) is 1. The van der Waals surface area contributed by atoms with Gasteiger partial charge in [0.2, 0.25) is 0 Å². The van der Waals surface area contributed by atoms with Crippen LogP contribution >= 0.6 is 24.0 Å². The number of hydrogen-bond donors (Lipinski definition) is 1. The summed E-state index contributed by atoms with van der Waals surface area (Å²) in [7, 11) is 0. The highest BCUT2D eigenvalue weighted by Crippen LogP contribution is 2.40. The van der Waals surface area contributed by atoms with Crippen LogP contribution in [-0.4, -0.2) is 11.0 Å². The standard InChI is InChI=1S/C20H16ClN3O2.ClH/c21-16-5-6-19-17(11-16)24(13-15-3-1-2-4-18(15)26-19)20(25)23-12-14-7-9-22-10-8-14;/h1-11H,12-13H2,(H,23,25);1H. The smallest absolute Gasteiger partial charge is 0.322 e. The van der Waals surface area contributed by atoms with Gasteiger partial charge in [-0.3, -0.25) is 9.88 Å². The quantitative estimate of drug-likeness (QED) is 0.643. The van der Waals surface area contributed by atoms with Crippen LogP contribution in [0.3, 0.4) is 0 Å². The maximum atomic E-state index is 12.9. The Morgan fingerprint density at radius 2 is 1.89 bits per heavy atom. The van der Waals surface area contributed by atoms with Gasteiger partial charge in [-0.15, -0.1) is 12.4 Å². The van der Waals surface area contributed by atoms with Gasteiger partial charge in [-0.25, -0.2) is 4.79 Å². The van der Waals surface area contributed by atoms with Crippen molar-refractivity contribution < 1.29 is 9.53 Å². The van der Waals surface area contributed by atoms with Crippen LogP contribution in [-0.2, 0) is 13.1 Å². The summed E-state index contributed by atoms with van der Waals surface area (Å²) in [4.78, 5) is 18.5. The second kappa shape index (κ2) is 8.29. The number of urea groups is 1. The third-order valence-corrected chi connectivity index (χ3v) is 4.41. The van der Waals surface area contributed by atoms with Gasteiger partial charge in [-0.2, -0.15) is 0 Å². The number of rotatable bonds is 2. The number of carbonyl (C=O) groups is 1. The number of anilines is 1. The second-order valence-electron chi connectivity index (χ2n) is 5.92. The molecule has 2 amide bonds. The van der Waals surface area contributed by atoms with Gasteiger partial charge in [-0.1, -0.05) is 29.8 Å². The molecule has 0 spiro atoms. The summed E-state index contributed by atoms with van der Waals surface area (Å²) in [6.45, 7) is 0.807. The lowest BCUT2D eigenvalue weighted by atomic mass is 10.2. The molecule has 0 radical (unpaired) electrons. The summed E-state index contributed by atoms with van der Waals surface area (Å²) in [6, 6.07) is 16.5. The molecule has 1 aliphatic heterocycles. The molecule has 1 aliphatic rings. The molecule has 2 aromatic carbocycles. The number of nitrogens with zero attached hydrogens (tertiary/aromatic N) is 2. The fourth-order valence-corrected chi connectivity index (χ4v) is 3.02. The Kier molecular flexibility index (Phi) is 5.84. The Morgan fingerprint density at radius 1 is 1.11 bits per heavy atom. The molecule has 0 atom stereocenters. The Balaban J connectivity index is 0.00000210. The molecule has 27 heavy (non-hydrogen) atoms. The molecule has 1 N–H and O–H groups in total. The molecule has 138 valence electrons. The Labute approximate surface area is 168 Å². The molecule has 2 heterocycles. The van der Waals surface area contributed by atoms with E-state index in [9.17, 15) is 4.79 Å². The van der Waals surface area contributed by atoms with Gasteiger partial charge in [0.25, 0.3) is 0 Å². The van der Waals surface area contributed by atoms with E-state index >= 15 is 0 Å². The molecule has 1 aromatic heterocycles. The summed E-state index contributed by atoms with van der Waals surface area (Å²) in [5.41, 5.74) is 2.55. The number of aromatic nitrogens is 1. The van der Waals surface area contributed by atoms with E-state index in [1.165, 1.54) is 0 Å². The van der Waals surface area contributed by atoms with Crippen molar-refractivity contribution >= 4 is 35.7 Å². The van der Waals surface area contributed by atoms with Crippen LogP contribution in [0.2, 0.25) is 5.02 Å². The minimum Gasteiger partial charge on any atom is -0.455 e. The largest absolute Gasteiger partial charge is 0.455 e. The Bertz CT molecular complexity index is 951. The molecule has 0 saturated carbocycles. The van der Waals surface area contributed by atoms with Crippen LogP contribution < -0.4 is 15.0 Å². The second-order valence-corrected chi connectivity index (χ2v) is 6.36. The molecule has 5 nitrogen and oxygen atoms in total. The summed E-state index contributed by atoms with van der Waals surface area (Å²) in [6.07, 6.45) is 3.40. The highest BCUT2D eigenvalue weighted by Gasteiger charge is 2.25. The fourth-order valence-electron chi connectivity index (χ4n) is 2.85. The Morgan fingerprint density at radius 3 is 2.70 bits per heavy atom. The summed E-state index contributed by atoms with van der Waals surface area (Å²) in [5, 5.41) is 3.49. The zero-order valence-electron chi connectivity index (χ0n) is 14.3. The zero-order valence-corrected chi connectivity index (χ0v) is 15.8. The van der Waals surface area contributed by atoms with E-state index in [-0.39, 0.29) is 18.4 Å². The summed E-state index contributed by atoms with van der Waals surface area (Å²) >= 11 is 6.16. The Hall–Kier alpha value is -2.76. The van der Waals surface area contributed by atoms with Crippen molar-refractivity contribution in [2.24, 2.45) is 0 Å². The van der Waals surface area contributed by atoms with Crippen molar-refractivity contribution in [2.75, 3.05) is 4.90 Å². The number of fused-ring (bicyclic) bond motifs is 2. The minimum absolute atomic E-state index is 0. The molecule has 4 rings (SSSR count). The fraction of sp³-hybridized carbons (Fsp3) is 0.100. The van der Waals surface area contributed by atoms with Crippen LogP contribution in [0.5, 0.6) is 11.5 Å². The van der Waals surface area contributed by atoms with Gasteiger partial charge in [0.1, 0.15) is 5.75 Å². The van der Waals surface area contributed by atoms with E-state index in [1.807, 2.05) is 36.4 Å². The lowest BCUT2D eigenvalue weighted by Crippen LogP contribution is -2.39. The monoisotopic (exact) mass is 401 g/mol. The van der Waals surface area contributed by atoms with Crippen LogP contribution in [0.1, 0.15) is 11.1 Å². The maximum Gasteiger partial charge on any atom is 0.322 e. The van der Waals surface area contributed by atoms with Crippen molar-refractivity contribution in [1.29, 1.82) is 0 Å². The highest BCUT2D eigenvalue weighted by molar-refractivity contribution is 6.31. The van der Waals surface area contributed by atoms with Crippen molar-refractivity contribution in [2.45, 2.75) is 13.1 Å². The van der Waals surface area contributed by atoms with Crippen LogP contribution in [0, 0.1) is 0 Å². The maximum absolute atomic E-state index is 12.9. The molecule has 7 heteroatoms. The van der Waals surface area contributed by atoms with E-state index in [0.717, 1.165) is 16.9 Å². The number of amides is 2. The third kappa shape index (κ3) is 4.15. The van der Waals surface area contributed by atoms with Gasteiger partial charge in [0, 0.05) is 29.5 Å². The first-order chi connectivity index (χ1) is 12.7. The van der Waals surface area contributed by atoms with Crippen LogP contribution in [0.4, 0.5) is 10.5 Å². The molecule has 0 fully saturated rings. The summed E-state index contributed by atoms with van der Waals surface area (Å²) in [5.74, 6) is 1.33. The first-order valence-corrected chi connectivity index (χ1v) is 8.58. The molecule has 3 aromatic rings. The molecule has 0 bridgehead atoms. The molecular formula is C20H17Cl2N3O2. The normalized spacial score (nSPS) is 12.0. The number of benzene rings is 2. The van der Waals surface area contributed by atoms with Crippen molar-refractivity contribution in [3.63, 3.8) is 0 Å². The predicted molar refractivity (Wildman–Crippen MR) is 108 cm³/mol. The van der Waals surface area contributed by atoms with Crippen molar-refractivity contribution in [3.8, 4) is 11.5 Å². The van der Waals surface area contributed by atoms with Crippen molar-refractivity contribution in [3.05, 3.63) is 83.1 Å². The molecule has 0 unspecified atom stereocenters. The van der Waals surface area contributed by atoms with Crippen LogP contribution in [0.25, 0.3) is 0 Å². The average molecular weight is 402 g/mol. The first kappa shape index (κ1) is 19.0. The van der Waals surface area contributed by atoms with E-state index < -0.39 is 0 Å². The predicted octanol–water partition coefficient (Wildman–Crippen LogP) is 5.18. The molecule has 0 aliphatic carbocycles. The van der Waals surface area contributed by atoms with E-state index in [4.69, 9.17) is 16.3 Å².